The van der Waals surface area contributed by atoms with Crippen LogP contribution in [0.2, 0.25) is 0 Å². The second kappa shape index (κ2) is 4.58. The zero-order valence-electron chi connectivity index (χ0n) is 10.5. The lowest BCUT2D eigenvalue weighted by Gasteiger charge is -2.23. The van der Waals surface area contributed by atoms with Crippen molar-refractivity contribution in [3.05, 3.63) is 23.8 Å². The van der Waals surface area contributed by atoms with Crippen LogP contribution in [-0.2, 0) is 14.8 Å². The Morgan fingerprint density at radius 1 is 1.33 bits per heavy atom. The van der Waals surface area contributed by atoms with Gasteiger partial charge in [-0.05, 0) is 32.4 Å². The number of sulfonamides is 1. The van der Waals surface area contributed by atoms with Crippen molar-refractivity contribution in [2.75, 3.05) is 5.73 Å². The first-order valence-corrected chi connectivity index (χ1v) is 6.75. The van der Waals surface area contributed by atoms with Gasteiger partial charge in [0.2, 0.25) is 15.9 Å². The number of carbonyl (C=O) groups is 1. The number of amides is 1. The SMILES string of the molecule is Cc1cccc(N)c1S(=O)(=O)NC(C)(C)C(N)=O. The van der Waals surface area contributed by atoms with Crippen molar-refractivity contribution in [3.8, 4) is 0 Å². The standard InChI is InChI=1S/C11H17N3O3S/c1-7-5-4-6-8(12)9(7)18(16,17)14-11(2,3)10(13)15/h4-6,14H,12H2,1-3H3,(H2,13,15). The fourth-order valence-electron chi connectivity index (χ4n) is 1.48. The number of benzene rings is 1. The smallest absolute Gasteiger partial charge is 0.243 e. The predicted molar refractivity (Wildman–Crippen MR) is 69.2 cm³/mol. The van der Waals surface area contributed by atoms with E-state index in [4.69, 9.17) is 11.5 Å². The van der Waals surface area contributed by atoms with E-state index in [0.29, 0.717) is 5.56 Å². The Labute approximate surface area is 106 Å². The average Bonchev–Trinajstić information content (AvgIpc) is 2.14. The van der Waals surface area contributed by atoms with Crippen molar-refractivity contribution in [3.63, 3.8) is 0 Å². The summed E-state index contributed by atoms with van der Waals surface area (Å²) in [6, 6.07) is 4.77. The third kappa shape index (κ3) is 2.80. The highest BCUT2D eigenvalue weighted by atomic mass is 32.2. The van der Waals surface area contributed by atoms with E-state index < -0.39 is 21.5 Å². The van der Waals surface area contributed by atoms with E-state index in [1.807, 2.05) is 0 Å². The predicted octanol–water partition coefficient (Wildman–Crippen LogP) is 0.119. The van der Waals surface area contributed by atoms with Crippen molar-refractivity contribution in [1.82, 2.24) is 4.72 Å². The molecule has 0 radical (unpaired) electrons. The second-order valence-electron chi connectivity index (χ2n) is 4.59. The molecule has 0 spiro atoms. The van der Waals surface area contributed by atoms with Gasteiger partial charge < -0.3 is 11.5 Å². The zero-order valence-corrected chi connectivity index (χ0v) is 11.3. The van der Waals surface area contributed by atoms with Gasteiger partial charge in [0.25, 0.3) is 0 Å². The van der Waals surface area contributed by atoms with Gasteiger partial charge in [-0.3, -0.25) is 4.79 Å². The highest BCUT2D eigenvalue weighted by molar-refractivity contribution is 7.89. The van der Waals surface area contributed by atoms with Crippen molar-refractivity contribution in [2.45, 2.75) is 31.2 Å². The number of hydrogen-bond acceptors (Lipinski definition) is 4. The highest BCUT2D eigenvalue weighted by Crippen LogP contribution is 2.23. The topological polar surface area (TPSA) is 115 Å². The summed E-state index contributed by atoms with van der Waals surface area (Å²) < 4.78 is 26.6. The molecule has 1 amide bonds. The molecule has 0 fully saturated rings. The van der Waals surface area contributed by atoms with Crippen LogP contribution in [0.1, 0.15) is 19.4 Å². The van der Waals surface area contributed by atoms with Gasteiger partial charge in [-0.15, -0.1) is 0 Å². The number of carbonyl (C=O) groups excluding carboxylic acids is 1. The van der Waals surface area contributed by atoms with Crippen LogP contribution in [0, 0.1) is 6.92 Å². The van der Waals surface area contributed by atoms with Crippen LogP contribution < -0.4 is 16.2 Å². The summed E-state index contributed by atoms with van der Waals surface area (Å²) in [6.45, 7) is 4.41. The largest absolute Gasteiger partial charge is 0.398 e. The van der Waals surface area contributed by atoms with Crippen molar-refractivity contribution < 1.29 is 13.2 Å². The third-order valence-corrected chi connectivity index (χ3v) is 4.39. The fourth-order valence-corrected chi connectivity index (χ4v) is 3.22. The summed E-state index contributed by atoms with van der Waals surface area (Å²) in [6.07, 6.45) is 0. The maximum atomic E-state index is 12.2. The van der Waals surface area contributed by atoms with E-state index in [1.54, 1.807) is 19.1 Å². The summed E-state index contributed by atoms with van der Waals surface area (Å²) in [7, 11) is -3.90. The molecule has 100 valence electrons. The van der Waals surface area contributed by atoms with Crippen LogP contribution in [0.4, 0.5) is 5.69 Å². The molecule has 0 saturated carbocycles. The number of hydrogen-bond donors (Lipinski definition) is 3. The summed E-state index contributed by atoms with van der Waals surface area (Å²) in [5.74, 6) is -0.766. The van der Waals surface area contributed by atoms with Gasteiger partial charge in [0.1, 0.15) is 10.4 Å². The Morgan fingerprint density at radius 3 is 2.33 bits per heavy atom. The molecule has 0 aromatic heterocycles. The first-order valence-electron chi connectivity index (χ1n) is 5.27. The lowest BCUT2D eigenvalue weighted by molar-refractivity contribution is -0.122. The van der Waals surface area contributed by atoms with Crippen molar-refractivity contribution >= 4 is 21.6 Å². The van der Waals surface area contributed by atoms with E-state index in [-0.39, 0.29) is 10.6 Å². The summed E-state index contributed by atoms with van der Waals surface area (Å²) in [5, 5.41) is 0. The first-order chi connectivity index (χ1) is 8.08. The molecule has 0 aliphatic rings. The third-order valence-electron chi connectivity index (χ3n) is 2.52. The zero-order chi connectivity index (χ0) is 14.1. The number of rotatable bonds is 4. The molecule has 0 heterocycles. The minimum atomic E-state index is -3.90. The van der Waals surface area contributed by atoms with E-state index in [1.165, 1.54) is 19.9 Å². The molecule has 7 heteroatoms. The molecule has 1 aromatic carbocycles. The molecule has 1 rings (SSSR count). The second-order valence-corrected chi connectivity index (χ2v) is 6.21. The van der Waals surface area contributed by atoms with E-state index in [0.717, 1.165) is 0 Å². The Hall–Kier alpha value is -1.60. The fraction of sp³-hybridized carbons (Fsp3) is 0.364. The molecule has 6 nitrogen and oxygen atoms in total. The first kappa shape index (κ1) is 14.5. The number of anilines is 1. The molecule has 0 saturated heterocycles. The Bertz CT molecular complexity index is 559. The highest BCUT2D eigenvalue weighted by Gasteiger charge is 2.32. The molecular weight excluding hydrogens is 254 g/mol. The lowest BCUT2D eigenvalue weighted by atomic mass is 10.1. The summed E-state index contributed by atoms with van der Waals surface area (Å²) in [5.41, 5.74) is 10.1. The van der Waals surface area contributed by atoms with Crippen LogP contribution in [0.15, 0.2) is 23.1 Å². The Kier molecular flexibility index (Phi) is 3.68. The molecule has 18 heavy (non-hydrogen) atoms. The van der Waals surface area contributed by atoms with Crippen molar-refractivity contribution in [2.24, 2.45) is 5.73 Å². The number of nitrogens with two attached hydrogens (primary N) is 2. The van der Waals surface area contributed by atoms with Crippen molar-refractivity contribution in [1.29, 1.82) is 0 Å². The van der Waals surface area contributed by atoms with Crippen LogP contribution in [0.5, 0.6) is 0 Å². The monoisotopic (exact) mass is 271 g/mol. The number of nitrogen functional groups attached to an aromatic ring is 1. The molecule has 1 aromatic rings. The minimum absolute atomic E-state index is 0.0284. The molecule has 0 bridgehead atoms. The molecule has 0 aliphatic heterocycles. The molecule has 0 unspecified atom stereocenters. The maximum absolute atomic E-state index is 12.2. The molecule has 0 aliphatic carbocycles. The number of aryl methyl sites for hydroxylation is 1. The Morgan fingerprint density at radius 2 is 1.89 bits per heavy atom. The normalized spacial score (nSPS) is 12.4. The Balaban J connectivity index is 3.28. The molecule has 0 atom stereocenters. The maximum Gasteiger partial charge on any atom is 0.243 e. The summed E-state index contributed by atoms with van der Waals surface area (Å²) in [4.78, 5) is 11.1. The number of nitrogens with one attached hydrogen (secondary N) is 1. The van der Waals surface area contributed by atoms with Crippen LogP contribution in [0.3, 0.4) is 0 Å². The molecule has 5 N–H and O–H groups in total. The van der Waals surface area contributed by atoms with Gasteiger partial charge in [-0.25, -0.2) is 8.42 Å². The van der Waals surface area contributed by atoms with E-state index >= 15 is 0 Å². The average molecular weight is 271 g/mol. The van der Waals surface area contributed by atoms with E-state index in [9.17, 15) is 13.2 Å². The van der Waals surface area contributed by atoms with Gasteiger partial charge in [-0.2, -0.15) is 4.72 Å². The van der Waals surface area contributed by atoms with E-state index in [2.05, 4.69) is 4.72 Å². The van der Waals surface area contributed by atoms with Gasteiger partial charge >= 0.3 is 0 Å². The molecular formula is C11H17N3O3S. The van der Waals surface area contributed by atoms with Crippen LogP contribution >= 0.6 is 0 Å². The minimum Gasteiger partial charge on any atom is -0.398 e. The number of primary amides is 1. The lowest BCUT2D eigenvalue weighted by Crippen LogP contribution is -2.53. The van der Waals surface area contributed by atoms with Gasteiger partial charge in [-0.1, -0.05) is 12.1 Å². The van der Waals surface area contributed by atoms with Crippen LogP contribution in [0.25, 0.3) is 0 Å². The van der Waals surface area contributed by atoms with Gasteiger partial charge in [0.05, 0.1) is 5.69 Å². The van der Waals surface area contributed by atoms with Gasteiger partial charge in [0.15, 0.2) is 0 Å². The quantitative estimate of drug-likeness (QED) is 0.674. The summed E-state index contributed by atoms with van der Waals surface area (Å²) >= 11 is 0. The van der Waals surface area contributed by atoms with Crippen LogP contribution in [-0.4, -0.2) is 19.9 Å². The van der Waals surface area contributed by atoms with Gasteiger partial charge in [0, 0.05) is 0 Å².